The van der Waals surface area contributed by atoms with E-state index in [4.69, 9.17) is 21.3 Å². The molecular formula is C24H19ClN2O3S2. The topological polar surface area (TPSA) is 61.2 Å². The third-order valence-electron chi connectivity index (χ3n) is 5.52. The van der Waals surface area contributed by atoms with E-state index in [-0.39, 0.29) is 17.1 Å². The Morgan fingerprint density at radius 1 is 1.22 bits per heavy atom. The van der Waals surface area contributed by atoms with Crippen molar-refractivity contribution in [2.24, 2.45) is 0 Å². The number of ether oxygens (including phenoxy) is 1. The Morgan fingerprint density at radius 3 is 2.81 bits per heavy atom. The van der Waals surface area contributed by atoms with Crippen LogP contribution in [0.1, 0.15) is 27.2 Å². The lowest BCUT2D eigenvalue weighted by Crippen LogP contribution is -2.22. The number of aromatic nitrogens is 2. The van der Waals surface area contributed by atoms with Gasteiger partial charge in [0.15, 0.2) is 10.9 Å². The Morgan fingerprint density at radius 2 is 2.03 bits per heavy atom. The second-order valence-electron chi connectivity index (χ2n) is 7.49. The Kier molecular flexibility index (Phi) is 5.80. The molecule has 0 N–H and O–H groups in total. The molecule has 0 bridgehead atoms. The highest BCUT2D eigenvalue weighted by Crippen LogP contribution is 2.36. The maximum atomic E-state index is 13.6. The molecule has 2 aromatic carbocycles. The number of thiophene rings is 1. The number of nitrogens with zero attached hydrogens (tertiary/aromatic N) is 2. The van der Waals surface area contributed by atoms with Crippen LogP contribution in [0.25, 0.3) is 15.9 Å². The molecule has 0 saturated heterocycles. The summed E-state index contributed by atoms with van der Waals surface area (Å²) < 4.78 is 6.83. The van der Waals surface area contributed by atoms with Crippen LogP contribution in [0.2, 0.25) is 5.02 Å². The molecule has 2 heterocycles. The predicted molar refractivity (Wildman–Crippen MR) is 130 cm³/mol. The molecule has 0 radical (unpaired) electrons. The molecule has 0 amide bonds. The van der Waals surface area contributed by atoms with Crippen molar-refractivity contribution in [3.05, 3.63) is 79.9 Å². The average Bonchev–Trinajstić information content (AvgIpc) is 3.39. The summed E-state index contributed by atoms with van der Waals surface area (Å²) in [5, 5.41) is 1.80. The van der Waals surface area contributed by atoms with Crippen LogP contribution in [0.15, 0.2) is 58.5 Å². The predicted octanol–water partition coefficient (Wildman–Crippen LogP) is 5.57. The van der Waals surface area contributed by atoms with Crippen molar-refractivity contribution in [1.29, 1.82) is 0 Å². The smallest absolute Gasteiger partial charge is 0.267 e. The monoisotopic (exact) mass is 482 g/mol. The Hall–Kier alpha value is -2.61. The molecule has 5 rings (SSSR count). The maximum Gasteiger partial charge on any atom is 0.267 e. The van der Waals surface area contributed by atoms with Gasteiger partial charge < -0.3 is 4.74 Å². The van der Waals surface area contributed by atoms with Gasteiger partial charge in [-0.15, -0.1) is 11.3 Å². The number of carbonyl (C=O) groups is 1. The van der Waals surface area contributed by atoms with Gasteiger partial charge in [0.1, 0.15) is 10.6 Å². The maximum absolute atomic E-state index is 13.6. The SMILES string of the molecule is COc1cccc(C(=O)CSc2nc3sc4c(c3c(=O)n2-c2ccc(Cl)cc2)CCC4)c1. The van der Waals surface area contributed by atoms with Crippen molar-refractivity contribution < 1.29 is 9.53 Å². The van der Waals surface area contributed by atoms with Crippen molar-refractivity contribution >= 4 is 50.7 Å². The van der Waals surface area contributed by atoms with E-state index in [0.717, 1.165) is 29.7 Å². The summed E-state index contributed by atoms with van der Waals surface area (Å²) in [4.78, 5) is 33.3. The van der Waals surface area contributed by atoms with Gasteiger partial charge in [0.25, 0.3) is 5.56 Å². The molecule has 0 saturated carbocycles. The lowest BCUT2D eigenvalue weighted by atomic mass is 10.1. The number of Topliss-reactive ketones (excluding diaryl/α,β-unsaturated/α-hetero) is 1. The first-order chi connectivity index (χ1) is 15.5. The molecule has 0 atom stereocenters. The fraction of sp³-hybridized carbons (Fsp3) is 0.208. The fourth-order valence-corrected chi connectivity index (χ4v) is 6.29. The van der Waals surface area contributed by atoms with Gasteiger partial charge >= 0.3 is 0 Å². The van der Waals surface area contributed by atoms with Gasteiger partial charge in [0, 0.05) is 15.5 Å². The van der Waals surface area contributed by atoms with Crippen LogP contribution in [0.4, 0.5) is 0 Å². The number of hydrogen-bond acceptors (Lipinski definition) is 6. The number of fused-ring (bicyclic) bond motifs is 3. The number of methoxy groups -OCH3 is 1. The largest absolute Gasteiger partial charge is 0.497 e. The van der Waals surface area contributed by atoms with Crippen LogP contribution < -0.4 is 10.3 Å². The Balaban J connectivity index is 1.56. The van der Waals surface area contributed by atoms with Gasteiger partial charge in [-0.3, -0.25) is 14.2 Å². The number of aryl methyl sites for hydroxylation is 2. The first kappa shape index (κ1) is 21.2. The second kappa shape index (κ2) is 8.73. The van der Waals surface area contributed by atoms with E-state index in [9.17, 15) is 9.59 Å². The molecule has 32 heavy (non-hydrogen) atoms. The highest BCUT2D eigenvalue weighted by atomic mass is 35.5. The number of thioether (sulfide) groups is 1. The van der Waals surface area contributed by atoms with Crippen LogP contribution in [0.5, 0.6) is 5.75 Å². The summed E-state index contributed by atoms with van der Waals surface area (Å²) in [6.07, 6.45) is 2.98. The van der Waals surface area contributed by atoms with Gasteiger partial charge in [0.2, 0.25) is 0 Å². The highest BCUT2D eigenvalue weighted by molar-refractivity contribution is 7.99. The highest BCUT2D eigenvalue weighted by Gasteiger charge is 2.24. The molecule has 1 aliphatic carbocycles. The molecule has 0 spiro atoms. The second-order valence-corrected chi connectivity index (χ2v) is 9.96. The third kappa shape index (κ3) is 3.85. The summed E-state index contributed by atoms with van der Waals surface area (Å²) in [6.45, 7) is 0. The van der Waals surface area contributed by atoms with Crippen LogP contribution >= 0.6 is 34.7 Å². The minimum atomic E-state index is -0.0898. The van der Waals surface area contributed by atoms with E-state index in [1.165, 1.54) is 16.6 Å². The molecule has 8 heteroatoms. The molecule has 1 aliphatic rings. The van der Waals surface area contributed by atoms with Gasteiger partial charge in [-0.1, -0.05) is 35.5 Å². The summed E-state index contributed by atoms with van der Waals surface area (Å²) >= 11 is 8.93. The normalized spacial score (nSPS) is 12.8. The lowest BCUT2D eigenvalue weighted by molar-refractivity contribution is 0.102. The van der Waals surface area contributed by atoms with Crippen LogP contribution in [-0.2, 0) is 12.8 Å². The van der Waals surface area contributed by atoms with Crippen molar-refractivity contribution in [1.82, 2.24) is 9.55 Å². The molecule has 0 aliphatic heterocycles. The molecular weight excluding hydrogens is 464 g/mol. The molecule has 0 fully saturated rings. The number of ketones is 1. The standard InChI is InChI=1S/C24H19ClN2O3S2/c1-30-17-5-2-4-14(12-17)19(28)13-31-24-26-22-21(18-6-3-7-20(18)32-22)23(29)27(24)16-10-8-15(25)9-11-16/h2,4-5,8-12H,3,6-7,13H2,1H3. The number of halogens is 1. The van der Waals surface area contributed by atoms with E-state index in [0.29, 0.717) is 32.6 Å². The van der Waals surface area contributed by atoms with Crippen LogP contribution in [0.3, 0.4) is 0 Å². The summed E-state index contributed by atoms with van der Waals surface area (Å²) in [6, 6.07) is 14.2. The van der Waals surface area contributed by atoms with Crippen molar-refractivity contribution in [2.45, 2.75) is 24.4 Å². The van der Waals surface area contributed by atoms with E-state index < -0.39 is 0 Å². The quantitative estimate of drug-likeness (QED) is 0.204. The van der Waals surface area contributed by atoms with Crippen molar-refractivity contribution in [3.63, 3.8) is 0 Å². The molecule has 162 valence electrons. The van der Waals surface area contributed by atoms with E-state index >= 15 is 0 Å². The summed E-state index contributed by atoms with van der Waals surface area (Å²) in [5.41, 5.74) is 2.29. The zero-order valence-corrected chi connectivity index (χ0v) is 19.6. The summed E-state index contributed by atoms with van der Waals surface area (Å²) in [7, 11) is 1.57. The zero-order valence-electron chi connectivity index (χ0n) is 17.3. The first-order valence-electron chi connectivity index (χ1n) is 10.2. The van der Waals surface area contributed by atoms with E-state index in [1.807, 2.05) is 0 Å². The number of carbonyl (C=O) groups excluding carboxylic acids is 1. The molecule has 0 unspecified atom stereocenters. The van der Waals surface area contributed by atoms with Gasteiger partial charge in [0.05, 0.1) is 23.9 Å². The van der Waals surface area contributed by atoms with Crippen molar-refractivity contribution in [3.8, 4) is 11.4 Å². The zero-order chi connectivity index (χ0) is 22.2. The molecule has 5 nitrogen and oxygen atoms in total. The minimum absolute atomic E-state index is 0.0559. The Labute approximate surface area is 198 Å². The van der Waals surface area contributed by atoms with E-state index in [2.05, 4.69) is 0 Å². The molecule has 4 aromatic rings. The number of benzene rings is 2. The average molecular weight is 483 g/mol. The lowest BCUT2D eigenvalue weighted by Gasteiger charge is -2.12. The third-order valence-corrected chi connectivity index (χ3v) is 7.89. The fourth-order valence-electron chi connectivity index (χ4n) is 3.95. The number of rotatable bonds is 6. The molecule has 2 aromatic heterocycles. The van der Waals surface area contributed by atoms with Gasteiger partial charge in [-0.25, -0.2) is 4.98 Å². The van der Waals surface area contributed by atoms with Crippen molar-refractivity contribution in [2.75, 3.05) is 12.9 Å². The first-order valence-corrected chi connectivity index (χ1v) is 12.4. The van der Waals surface area contributed by atoms with Crippen LogP contribution in [0, 0.1) is 0 Å². The van der Waals surface area contributed by atoms with Crippen LogP contribution in [-0.4, -0.2) is 28.2 Å². The Bertz CT molecular complexity index is 1390. The van der Waals surface area contributed by atoms with Gasteiger partial charge in [-0.05, 0) is 61.2 Å². The number of hydrogen-bond donors (Lipinski definition) is 0. The van der Waals surface area contributed by atoms with E-state index in [1.54, 1.807) is 71.5 Å². The summed E-state index contributed by atoms with van der Waals surface area (Å²) in [5.74, 6) is 0.732. The van der Waals surface area contributed by atoms with Gasteiger partial charge in [-0.2, -0.15) is 0 Å². The minimum Gasteiger partial charge on any atom is -0.497 e.